The fraction of sp³-hybridized carbons (Fsp3) is 0.333. The van der Waals surface area contributed by atoms with Crippen molar-refractivity contribution in [1.82, 2.24) is 4.98 Å². The van der Waals surface area contributed by atoms with Crippen LogP contribution in [0.25, 0.3) is 10.8 Å². The van der Waals surface area contributed by atoms with Gasteiger partial charge in [-0.25, -0.2) is 4.98 Å². The van der Waals surface area contributed by atoms with Gasteiger partial charge in [0, 0.05) is 17.1 Å². The zero-order valence-corrected chi connectivity index (χ0v) is 12.9. The number of hydrogen-bond acceptors (Lipinski definition) is 4. The van der Waals surface area contributed by atoms with E-state index in [4.69, 9.17) is 4.74 Å². The van der Waals surface area contributed by atoms with Gasteiger partial charge in [-0.2, -0.15) is 0 Å². The van der Waals surface area contributed by atoms with Crippen molar-refractivity contribution >= 4 is 28.3 Å². The minimum absolute atomic E-state index is 0.369. The lowest BCUT2D eigenvalue weighted by Gasteiger charge is -2.17. The average molecular weight is 290 g/mol. The summed E-state index contributed by atoms with van der Waals surface area (Å²) in [6.07, 6.45) is 3.31. The third-order valence-corrected chi connectivity index (χ3v) is 4.14. The van der Waals surface area contributed by atoms with Gasteiger partial charge in [0.1, 0.15) is 16.1 Å². The Morgan fingerprint density at radius 2 is 1.90 bits per heavy atom. The number of rotatable bonds is 3. The largest absolute Gasteiger partial charge is 0.591 e. The van der Waals surface area contributed by atoms with Crippen molar-refractivity contribution in [2.75, 3.05) is 7.11 Å². The quantitative estimate of drug-likeness (QED) is 0.644. The molecule has 4 nitrogen and oxygen atoms in total. The molecule has 106 valence electrons. The molecule has 2 aromatic rings. The monoisotopic (exact) mass is 290 g/mol. The summed E-state index contributed by atoms with van der Waals surface area (Å²) in [5, 5.41) is 1.90. The second-order valence-electron chi connectivity index (χ2n) is 5.36. The number of ether oxygens (including phenoxy) is 1. The Labute approximate surface area is 122 Å². The summed E-state index contributed by atoms with van der Waals surface area (Å²) in [7, 11) is 1.59. The number of nitrogens with zero attached hydrogens (tertiary/aromatic N) is 2. The van der Waals surface area contributed by atoms with E-state index in [0.29, 0.717) is 5.88 Å². The molecule has 1 atom stereocenters. The molecule has 1 heterocycles. The molecular weight excluding hydrogens is 272 g/mol. The molecule has 5 heteroatoms. The first-order valence-corrected chi connectivity index (χ1v) is 7.42. The Morgan fingerprint density at radius 3 is 2.50 bits per heavy atom. The Kier molecular flexibility index (Phi) is 4.30. The topological polar surface area (TPSA) is 57.5 Å². The van der Waals surface area contributed by atoms with Crippen molar-refractivity contribution < 1.29 is 9.29 Å². The highest BCUT2D eigenvalue weighted by atomic mass is 32.2. The molecule has 0 amide bonds. The molecule has 0 aliphatic carbocycles. The maximum absolute atomic E-state index is 12.0. The van der Waals surface area contributed by atoms with Crippen molar-refractivity contribution in [2.24, 2.45) is 4.40 Å². The second kappa shape index (κ2) is 5.81. The predicted molar refractivity (Wildman–Crippen MR) is 83.8 cm³/mol. The smallest absolute Gasteiger partial charge is 0.221 e. The zero-order chi connectivity index (χ0) is 14.8. The molecule has 20 heavy (non-hydrogen) atoms. The van der Waals surface area contributed by atoms with Gasteiger partial charge >= 0.3 is 0 Å². The lowest BCUT2D eigenvalue weighted by Crippen LogP contribution is -2.25. The van der Waals surface area contributed by atoms with E-state index in [1.54, 1.807) is 19.5 Å². The SMILES string of the molecule is COc1ncc(C=N[S@+]([O-])C(C)(C)C)c2ccccc12. The van der Waals surface area contributed by atoms with Crippen LogP contribution >= 0.6 is 0 Å². The van der Waals surface area contributed by atoms with Crippen LogP contribution in [0.4, 0.5) is 0 Å². The Bertz CT molecular complexity index is 635. The summed E-state index contributed by atoms with van der Waals surface area (Å²) >= 11 is -1.28. The van der Waals surface area contributed by atoms with E-state index in [1.165, 1.54) is 0 Å². The van der Waals surface area contributed by atoms with E-state index in [1.807, 2.05) is 45.0 Å². The first-order chi connectivity index (χ1) is 9.43. The molecule has 1 aromatic carbocycles. The number of hydrogen-bond donors (Lipinski definition) is 0. The molecule has 0 radical (unpaired) electrons. The van der Waals surface area contributed by atoms with Crippen LogP contribution in [0.2, 0.25) is 0 Å². The van der Waals surface area contributed by atoms with Gasteiger partial charge in [0.2, 0.25) is 5.88 Å². The second-order valence-corrected chi connectivity index (χ2v) is 7.30. The third kappa shape index (κ3) is 3.11. The predicted octanol–water partition coefficient (Wildman–Crippen LogP) is 3.12. The minimum atomic E-state index is -1.28. The molecule has 1 aromatic heterocycles. The van der Waals surface area contributed by atoms with Gasteiger partial charge < -0.3 is 9.29 Å². The maximum atomic E-state index is 12.0. The highest BCUT2D eigenvalue weighted by Crippen LogP contribution is 2.25. The van der Waals surface area contributed by atoms with E-state index in [2.05, 4.69) is 9.38 Å². The molecule has 0 aliphatic rings. The number of pyridine rings is 1. The lowest BCUT2D eigenvalue weighted by atomic mass is 10.1. The molecule has 0 N–H and O–H groups in total. The summed E-state index contributed by atoms with van der Waals surface area (Å²) in [4.78, 5) is 4.25. The van der Waals surface area contributed by atoms with Crippen molar-refractivity contribution in [3.05, 3.63) is 36.0 Å². The molecule has 0 fully saturated rings. The average Bonchev–Trinajstić information content (AvgIpc) is 2.43. The fourth-order valence-corrected chi connectivity index (χ4v) is 2.24. The van der Waals surface area contributed by atoms with Crippen LogP contribution in [0.5, 0.6) is 5.88 Å². The van der Waals surface area contributed by atoms with E-state index < -0.39 is 11.4 Å². The Hall–Kier alpha value is -1.59. The van der Waals surface area contributed by atoms with E-state index >= 15 is 0 Å². The first kappa shape index (κ1) is 14.8. The van der Waals surface area contributed by atoms with Gasteiger partial charge in [-0.3, -0.25) is 0 Å². The van der Waals surface area contributed by atoms with E-state index in [0.717, 1.165) is 16.3 Å². The molecule has 2 rings (SSSR count). The van der Waals surface area contributed by atoms with Crippen LogP contribution in [0.15, 0.2) is 34.9 Å². The fourth-order valence-electron chi connectivity index (χ4n) is 1.72. The zero-order valence-electron chi connectivity index (χ0n) is 12.1. The maximum Gasteiger partial charge on any atom is 0.221 e. The van der Waals surface area contributed by atoms with Gasteiger partial charge in [0.25, 0.3) is 0 Å². The number of fused-ring (bicyclic) bond motifs is 1. The molecule has 0 spiro atoms. The number of aromatic nitrogens is 1. The van der Waals surface area contributed by atoms with Crippen molar-refractivity contribution in [2.45, 2.75) is 25.5 Å². The minimum Gasteiger partial charge on any atom is -0.591 e. The van der Waals surface area contributed by atoms with Crippen molar-refractivity contribution in [3.8, 4) is 5.88 Å². The third-order valence-electron chi connectivity index (χ3n) is 2.79. The van der Waals surface area contributed by atoms with Gasteiger partial charge in [-0.05, 0) is 32.2 Å². The number of methoxy groups -OCH3 is 1. The normalized spacial score (nSPS) is 13.8. The van der Waals surface area contributed by atoms with Crippen molar-refractivity contribution in [3.63, 3.8) is 0 Å². The Balaban J connectivity index is 2.44. The number of benzene rings is 1. The van der Waals surface area contributed by atoms with Gasteiger partial charge in [-0.15, -0.1) is 0 Å². The van der Waals surface area contributed by atoms with Crippen LogP contribution in [-0.4, -0.2) is 27.6 Å². The van der Waals surface area contributed by atoms with Crippen LogP contribution in [0, 0.1) is 0 Å². The van der Waals surface area contributed by atoms with Gasteiger partial charge in [0.05, 0.1) is 13.3 Å². The molecule has 0 aliphatic heterocycles. The molecule has 0 bridgehead atoms. The van der Waals surface area contributed by atoms with E-state index in [9.17, 15) is 4.55 Å². The van der Waals surface area contributed by atoms with Crippen LogP contribution < -0.4 is 4.74 Å². The Morgan fingerprint density at radius 1 is 1.25 bits per heavy atom. The van der Waals surface area contributed by atoms with Gasteiger partial charge in [-0.1, -0.05) is 22.6 Å². The van der Waals surface area contributed by atoms with Crippen molar-refractivity contribution in [1.29, 1.82) is 0 Å². The van der Waals surface area contributed by atoms with Crippen LogP contribution in [0.1, 0.15) is 26.3 Å². The highest BCUT2D eigenvalue weighted by molar-refractivity contribution is 7.91. The summed E-state index contributed by atoms with van der Waals surface area (Å²) in [6.45, 7) is 5.68. The lowest BCUT2D eigenvalue weighted by molar-refractivity contribution is 0.403. The van der Waals surface area contributed by atoms with E-state index in [-0.39, 0.29) is 4.75 Å². The molecular formula is C15H18N2O2S. The molecule has 0 saturated heterocycles. The molecule has 0 saturated carbocycles. The van der Waals surface area contributed by atoms with Crippen LogP contribution in [0.3, 0.4) is 0 Å². The standard InChI is InChI=1S/C15H18N2O2S/c1-15(2,3)20(18)17-10-11-9-16-14(19-4)13-8-6-5-7-12(11)13/h5-10H,1-4H3/t20-/m1/s1. The highest BCUT2D eigenvalue weighted by Gasteiger charge is 2.25. The van der Waals surface area contributed by atoms with Crippen LogP contribution in [-0.2, 0) is 11.4 Å². The summed E-state index contributed by atoms with van der Waals surface area (Å²) in [6, 6.07) is 7.79. The van der Waals surface area contributed by atoms with Gasteiger partial charge in [0.15, 0.2) is 0 Å². The first-order valence-electron chi connectivity index (χ1n) is 6.31. The molecule has 0 unspecified atom stereocenters. The summed E-state index contributed by atoms with van der Waals surface area (Å²) in [5.74, 6) is 0.578. The summed E-state index contributed by atoms with van der Waals surface area (Å²) in [5.41, 5.74) is 0.832. The summed E-state index contributed by atoms with van der Waals surface area (Å²) < 4.78 is 21.0.